The van der Waals surface area contributed by atoms with Gasteiger partial charge in [0.15, 0.2) is 5.75 Å². The maximum absolute atomic E-state index is 12.4. The number of phenolic OH excluding ortho intramolecular Hbond substituents is 5. The van der Waals surface area contributed by atoms with E-state index in [1.807, 2.05) is 24.3 Å². The van der Waals surface area contributed by atoms with Crippen LogP contribution in [0.2, 0.25) is 0 Å². The molecule has 0 amide bonds. The predicted octanol–water partition coefficient (Wildman–Crippen LogP) is 8.15. The van der Waals surface area contributed by atoms with Crippen LogP contribution in [-0.4, -0.2) is 48.1 Å². The van der Waals surface area contributed by atoms with Gasteiger partial charge < -0.3 is 39.3 Å². The van der Waals surface area contributed by atoms with Crippen molar-refractivity contribution in [3.63, 3.8) is 0 Å². The van der Waals surface area contributed by atoms with E-state index in [2.05, 4.69) is 9.55 Å². The molecule has 8 rings (SSSR count). The summed E-state index contributed by atoms with van der Waals surface area (Å²) in [5, 5.41) is 54.8. The number of benzene rings is 6. The van der Waals surface area contributed by atoms with Crippen molar-refractivity contribution in [2.75, 3.05) is 0 Å². The number of phenols is 5. The Hall–Kier alpha value is -6.63. The highest BCUT2D eigenvalue weighted by molar-refractivity contribution is 7.81. The van der Waals surface area contributed by atoms with E-state index in [9.17, 15) is 38.5 Å². The summed E-state index contributed by atoms with van der Waals surface area (Å²) in [6.45, 7) is 0.405. The molecule has 0 aliphatic carbocycles. The molecule has 6 aromatic carbocycles. The number of hydrogen-bond acceptors (Lipinski definition) is 8. The highest BCUT2D eigenvalue weighted by Gasteiger charge is 2.30. The van der Waals surface area contributed by atoms with Gasteiger partial charge in [-0.3, -0.25) is 4.55 Å². The van der Waals surface area contributed by atoms with Crippen molar-refractivity contribution in [1.82, 2.24) is 9.55 Å². The smallest absolute Gasteiger partial charge is 0.446 e. The molecule has 7 N–H and O–H groups in total. The van der Waals surface area contributed by atoms with Gasteiger partial charge in [0.1, 0.15) is 28.7 Å². The lowest BCUT2D eigenvalue weighted by Crippen LogP contribution is -2.08. The monoisotopic (exact) mass is 728 g/mol. The molecule has 2 aromatic heterocycles. The highest BCUT2D eigenvalue weighted by atomic mass is 32.3. The van der Waals surface area contributed by atoms with Gasteiger partial charge in [0, 0.05) is 40.4 Å². The molecule has 2 heterocycles. The number of H-pyrrole nitrogens is 1. The van der Waals surface area contributed by atoms with Gasteiger partial charge in [-0.05, 0) is 83.3 Å². The number of aryl methyl sites for hydroxylation is 2. The lowest BCUT2D eigenvalue weighted by atomic mass is 9.92. The Morgan fingerprint density at radius 2 is 1.13 bits per heavy atom. The summed E-state index contributed by atoms with van der Waals surface area (Å²) in [7, 11) is -4.91. The van der Waals surface area contributed by atoms with Gasteiger partial charge in [-0.1, -0.05) is 60.7 Å². The number of aromatic nitrogens is 2. The third kappa shape index (κ3) is 6.19. The zero-order chi connectivity index (χ0) is 37.0. The Labute approximate surface area is 302 Å². The zero-order valence-electron chi connectivity index (χ0n) is 27.9. The van der Waals surface area contributed by atoms with Crippen molar-refractivity contribution in [3.8, 4) is 56.8 Å². The number of aromatic hydroxyl groups is 5. The Kier molecular flexibility index (Phi) is 8.13. The van der Waals surface area contributed by atoms with E-state index in [4.69, 9.17) is 4.18 Å². The van der Waals surface area contributed by atoms with Gasteiger partial charge in [0.25, 0.3) is 0 Å². The van der Waals surface area contributed by atoms with Gasteiger partial charge in [0.05, 0.1) is 22.1 Å². The summed E-state index contributed by atoms with van der Waals surface area (Å²) in [5.74, 6) is 0.0243. The molecular weight excluding hydrogens is 697 g/mol. The number of aromatic amines is 1. The maximum atomic E-state index is 12.4. The zero-order valence-corrected chi connectivity index (χ0v) is 28.7. The van der Waals surface area contributed by atoms with Crippen LogP contribution < -0.4 is 4.18 Å². The van der Waals surface area contributed by atoms with E-state index in [1.165, 1.54) is 18.2 Å². The average Bonchev–Trinajstić information content (AvgIpc) is 3.66. The topological polar surface area (TPSA) is 185 Å². The van der Waals surface area contributed by atoms with E-state index in [1.54, 1.807) is 72.8 Å². The molecule has 8 aromatic rings. The first-order valence-corrected chi connectivity index (χ1v) is 18.0. The molecule has 0 unspecified atom stereocenters. The summed E-state index contributed by atoms with van der Waals surface area (Å²) in [4.78, 5) is 3.19. The lowest BCUT2D eigenvalue weighted by molar-refractivity contribution is 0.388. The van der Waals surface area contributed by atoms with Crippen LogP contribution in [0.3, 0.4) is 0 Å². The van der Waals surface area contributed by atoms with Gasteiger partial charge >= 0.3 is 10.4 Å². The second-order valence-corrected chi connectivity index (χ2v) is 13.9. The molecule has 0 spiro atoms. The summed E-state index contributed by atoms with van der Waals surface area (Å²) >= 11 is 0. The second-order valence-electron chi connectivity index (χ2n) is 12.8. The third-order valence-electron chi connectivity index (χ3n) is 9.50. The Bertz CT molecular complexity index is 2770. The fourth-order valence-electron chi connectivity index (χ4n) is 7.20. The minimum Gasteiger partial charge on any atom is -0.508 e. The molecule has 0 aliphatic rings. The minimum atomic E-state index is -4.91. The number of hydrogen-bond donors (Lipinski definition) is 7. The fourth-order valence-corrected chi connectivity index (χ4v) is 7.57. The average molecular weight is 729 g/mol. The Morgan fingerprint density at radius 1 is 0.604 bits per heavy atom. The van der Waals surface area contributed by atoms with Crippen LogP contribution in [0.25, 0.3) is 55.0 Å². The van der Waals surface area contributed by atoms with Crippen molar-refractivity contribution >= 4 is 43.1 Å². The van der Waals surface area contributed by atoms with Crippen molar-refractivity contribution in [3.05, 3.63) is 132 Å². The molecule has 11 nitrogen and oxygen atoms in total. The molecule has 0 radical (unpaired) electrons. The molecule has 0 aliphatic heterocycles. The Balaban J connectivity index is 1.57. The van der Waals surface area contributed by atoms with Gasteiger partial charge in [0.2, 0.25) is 0 Å². The first kappa shape index (κ1) is 33.5. The van der Waals surface area contributed by atoms with Gasteiger partial charge in [-0.15, -0.1) is 0 Å². The van der Waals surface area contributed by atoms with Crippen LogP contribution in [0.4, 0.5) is 0 Å². The largest absolute Gasteiger partial charge is 0.508 e. The highest BCUT2D eigenvalue weighted by Crippen LogP contribution is 2.52. The Morgan fingerprint density at radius 3 is 1.70 bits per heavy atom. The molecule has 0 bridgehead atoms. The maximum Gasteiger partial charge on any atom is 0.446 e. The van der Waals surface area contributed by atoms with E-state index < -0.39 is 10.4 Å². The first-order valence-electron chi connectivity index (χ1n) is 16.6. The van der Waals surface area contributed by atoms with Crippen LogP contribution in [0.5, 0.6) is 34.5 Å². The summed E-state index contributed by atoms with van der Waals surface area (Å²) in [6, 6.07) is 31.8. The van der Waals surface area contributed by atoms with Crippen LogP contribution >= 0.6 is 0 Å². The predicted molar refractivity (Wildman–Crippen MR) is 202 cm³/mol. The molecule has 0 saturated carbocycles. The standard InChI is InChI=1S/C41H32N2O9S/c44-27-12-4-23(5-13-27)20-21-43-32(22-24-6-14-28(45)15-7-24)34(25-8-16-29(46)17-9-25)37-36-31-2-1-3-33(52-53(49,50)51)38(31)42-39(36)41(48)35(40(37)43)26-10-18-30(47)19-11-26/h1-19,42,44-48H,20-22H2,(H,49,50,51). The van der Waals surface area contributed by atoms with Crippen LogP contribution in [-0.2, 0) is 29.8 Å². The van der Waals surface area contributed by atoms with E-state index >= 15 is 0 Å². The minimum absolute atomic E-state index is 0.0312. The van der Waals surface area contributed by atoms with Crippen LogP contribution in [0.15, 0.2) is 115 Å². The summed E-state index contributed by atoms with van der Waals surface area (Å²) < 4.78 is 40.6. The quantitative estimate of drug-likeness (QED) is 0.0721. The number of rotatable bonds is 9. The molecular formula is C41H32N2O9S. The molecule has 53 heavy (non-hydrogen) atoms. The van der Waals surface area contributed by atoms with Crippen LogP contribution in [0, 0.1) is 0 Å². The number of nitrogens with one attached hydrogen (secondary N) is 1. The molecule has 12 heteroatoms. The van der Waals surface area contributed by atoms with E-state index in [0.717, 1.165) is 27.9 Å². The molecule has 0 fully saturated rings. The number of fused-ring (bicyclic) bond motifs is 5. The van der Waals surface area contributed by atoms with Gasteiger partial charge in [-0.2, -0.15) is 8.42 Å². The van der Waals surface area contributed by atoms with Crippen LogP contribution in [0.1, 0.15) is 16.8 Å². The third-order valence-corrected chi connectivity index (χ3v) is 9.89. The number of nitrogens with zero attached hydrogens (tertiary/aromatic N) is 1. The molecule has 266 valence electrons. The molecule has 0 saturated heterocycles. The number of para-hydroxylation sites is 1. The van der Waals surface area contributed by atoms with E-state index in [0.29, 0.717) is 52.2 Å². The lowest BCUT2D eigenvalue weighted by Gasteiger charge is -2.16. The first-order chi connectivity index (χ1) is 25.4. The normalized spacial score (nSPS) is 11.9. The van der Waals surface area contributed by atoms with Crippen molar-refractivity contribution in [2.24, 2.45) is 0 Å². The summed E-state index contributed by atoms with van der Waals surface area (Å²) in [5.41, 5.74) is 6.31. The van der Waals surface area contributed by atoms with E-state index in [-0.39, 0.29) is 45.5 Å². The second kappa shape index (κ2) is 12.9. The fraction of sp³-hybridized carbons (Fsp3) is 0.0732. The van der Waals surface area contributed by atoms with Crippen molar-refractivity contribution < 1.29 is 42.7 Å². The molecule has 0 atom stereocenters. The SMILES string of the molecule is O=S(=O)(O)Oc1cccc2c1[nH]c1c(O)c(-c3ccc(O)cc3)c3c(c(-c4ccc(O)cc4)c(Cc4ccc(O)cc4)n3CCc3ccc(O)cc3)c12. The summed E-state index contributed by atoms with van der Waals surface area (Å²) in [6.07, 6.45) is 0.896. The van der Waals surface area contributed by atoms with Crippen molar-refractivity contribution in [2.45, 2.75) is 19.4 Å². The van der Waals surface area contributed by atoms with Crippen molar-refractivity contribution in [1.29, 1.82) is 0 Å². The van der Waals surface area contributed by atoms with Gasteiger partial charge in [-0.25, -0.2) is 0 Å².